The molecule has 0 amide bonds. The predicted octanol–water partition coefficient (Wildman–Crippen LogP) is 27.3. The standard InChI is InChI=1S/C89H58N8S4/c1-3-23-71-69(21-1)70-22-2-4-24-72(70)89(71,59-49-65(94-81-33-13-5-25-73(81)90(61-41-45-98-55-61)74-26-6-14-34-82(74)94)53-66(50-59)95-83-35-15-7-27-75(83)91(62-42-46-99-56-62)76-28-8-16-36-84(76)95)60-51-67(96-85-37-17-9-29-77(85)92(63-43-47-100-57-63)78-30-10-18-38-86(78)96)54-68(52-60)97-87-39-19-11-31-79(87)93(64-44-48-101-58-64)80-32-12-20-40-88(80)97/h1-58H. The van der Waals surface area contributed by atoms with Crippen LogP contribution in [0.3, 0.4) is 0 Å². The van der Waals surface area contributed by atoms with Crippen molar-refractivity contribution in [3.8, 4) is 11.1 Å². The highest BCUT2D eigenvalue weighted by molar-refractivity contribution is 7.09. The van der Waals surface area contributed by atoms with Gasteiger partial charge < -0.3 is 39.2 Å². The van der Waals surface area contributed by atoms with Gasteiger partial charge in [0.2, 0.25) is 0 Å². The van der Waals surface area contributed by atoms with E-state index in [0.29, 0.717) is 0 Å². The average molecular weight is 1370 g/mol. The van der Waals surface area contributed by atoms with Gasteiger partial charge in [0.05, 0.1) is 119 Å². The van der Waals surface area contributed by atoms with Gasteiger partial charge >= 0.3 is 0 Å². The topological polar surface area (TPSA) is 25.9 Å². The average Bonchev–Trinajstić information content (AvgIpc) is 1.57. The molecule has 8 heterocycles. The normalized spacial score (nSPS) is 14.1. The molecule has 0 fully saturated rings. The number of rotatable bonds is 10. The fourth-order valence-corrected chi connectivity index (χ4v) is 19.2. The summed E-state index contributed by atoms with van der Waals surface area (Å²) in [4.78, 5) is 19.9. The Hall–Kier alpha value is -12.2. The summed E-state index contributed by atoms with van der Waals surface area (Å²) >= 11 is 6.88. The van der Waals surface area contributed by atoms with Crippen LogP contribution in [0.1, 0.15) is 22.3 Å². The van der Waals surface area contributed by atoms with Crippen molar-refractivity contribution >= 4 is 182 Å². The first-order valence-corrected chi connectivity index (χ1v) is 37.7. The van der Waals surface area contributed by atoms with Gasteiger partial charge in [-0.3, -0.25) is 0 Å². The zero-order chi connectivity index (χ0) is 66.3. The van der Waals surface area contributed by atoms with Crippen molar-refractivity contribution in [1.82, 2.24) is 0 Å². The van der Waals surface area contributed by atoms with Crippen LogP contribution in [-0.2, 0) is 5.41 Å². The molecule has 12 aromatic carbocycles. The molecule has 5 aliphatic rings. The molecule has 12 heteroatoms. The molecule has 0 spiro atoms. The largest absolute Gasteiger partial charge is 0.306 e. The Morgan fingerprint density at radius 2 is 0.356 bits per heavy atom. The number of hydrogen-bond donors (Lipinski definition) is 0. The van der Waals surface area contributed by atoms with Crippen LogP contribution in [0.5, 0.6) is 0 Å². The molecule has 0 atom stereocenters. The number of anilines is 24. The minimum absolute atomic E-state index is 1.01. The van der Waals surface area contributed by atoms with E-state index in [1.807, 2.05) is 0 Å². The lowest BCUT2D eigenvalue weighted by Gasteiger charge is -2.44. The van der Waals surface area contributed by atoms with Crippen LogP contribution in [0, 0.1) is 0 Å². The van der Waals surface area contributed by atoms with Gasteiger partial charge in [-0.2, -0.15) is 45.3 Å². The van der Waals surface area contributed by atoms with E-state index in [1.54, 1.807) is 45.3 Å². The number of nitrogens with zero attached hydrogens (tertiary/aromatic N) is 8. The highest BCUT2D eigenvalue weighted by Gasteiger charge is 2.49. The van der Waals surface area contributed by atoms with E-state index in [4.69, 9.17) is 0 Å². The van der Waals surface area contributed by atoms with Gasteiger partial charge in [-0.15, -0.1) is 0 Å². The Labute approximate surface area is 601 Å². The number of fused-ring (bicyclic) bond motifs is 11. The summed E-state index contributed by atoms with van der Waals surface area (Å²) in [5.74, 6) is 0. The summed E-state index contributed by atoms with van der Waals surface area (Å²) in [6.07, 6.45) is 0. The molecule has 0 unspecified atom stereocenters. The van der Waals surface area contributed by atoms with Crippen molar-refractivity contribution in [2.75, 3.05) is 39.2 Å². The summed E-state index contributed by atoms with van der Waals surface area (Å²) < 4.78 is 0. The van der Waals surface area contributed by atoms with E-state index in [1.165, 1.54) is 22.3 Å². The monoisotopic (exact) mass is 1370 g/mol. The van der Waals surface area contributed by atoms with E-state index in [9.17, 15) is 0 Å². The zero-order valence-electron chi connectivity index (χ0n) is 54.2. The Kier molecular flexibility index (Phi) is 13.2. The maximum Gasteiger partial charge on any atom is 0.0716 e. The molecule has 21 rings (SSSR count). The molecule has 478 valence electrons. The van der Waals surface area contributed by atoms with Gasteiger partial charge in [0.1, 0.15) is 0 Å². The molecule has 4 aromatic heterocycles. The molecule has 0 bridgehead atoms. The van der Waals surface area contributed by atoms with Crippen LogP contribution in [0.2, 0.25) is 0 Å². The summed E-state index contributed by atoms with van der Waals surface area (Å²) in [5, 5.41) is 17.8. The lowest BCUT2D eigenvalue weighted by atomic mass is 9.67. The molecule has 0 N–H and O–H groups in total. The maximum absolute atomic E-state index is 2.54. The van der Waals surface area contributed by atoms with E-state index >= 15 is 0 Å². The van der Waals surface area contributed by atoms with Gasteiger partial charge in [0.15, 0.2) is 0 Å². The van der Waals surface area contributed by atoms with Crippen molar-refractivity contribution in [2.45, 2.75) is 5.41 Å². The van der Waals surface area contributed by atoms with Gasteiger partial charge in [-0.25, -0.2) is 0 Å². The molecular weight excluding hydrogens is 1310 g/mol. The van der Waals surface area contributed by atoms with Gasteiger partial charge in [0, 0.05) is 44.3 Å². The minimum atomic E-state index is -1.01. The second-order valence-electron chi connectivity index (χ2n) is 25.8. The minimum Gasteiger partial charge on any atom is -0.306 e. The van der Waals surface area contributed by atoms with Crippen LogP contribution in [0.15, 0.2) is 346 Å². The number of para-hydroxylation sites is 16. The molecule has 16 aromatic rings. The van der Waals surface area contributed by atoms with Crippen molar-refractivity contribution in [2.24, 2.45) is 0 Å². The summed E-state index contributed by atoms with van der Waals surface area (Å²) in [5.41, 5.74) is 32.0. The molecule has 0 saturated carbocycles. The smallest absolute Gasteiger partial charge is 0.0716 e. The third-order valence-electron chi connectivity index (χ3n) is 20.6. The number of hydrogen-bond acceptors (Lipinski definition) is 12. The van der Waals surface area contributed by atoms with E-state index in [2.05, 4.69) is 386 Å². The third-order valence-corrected chi connectivity index (χ3v) is 23.3. The SMILES string of the molecule is c1ccc2c(c1)-c1ccccc1C2(c1cc(N2c3ccccc3N(c3ccsc3)c3ccccc32)cc(N2c3ccccc3N(c3ccsc3)c3ccccc32)c1)c1cc(N2c3ccccc3N(c3ccsc3)c3ccccc32)cc(N2c3ccccc3N(c3ccsc3)c3ccccc32)c1. The Balaban J connectivity index is 0.899. The maximum atomic E-state index is 2.54. The van der Waals surface area contributed by atoms with Crippen LogP contribution in [0.4, 0.5) is 136 Å². The first-order chi connectivity index (χ1) is 50.2. The second kappa shape index (κ2) is 23.0. The van der Waals surface area contributed by atoms with Gasteiger partial charge in [-0.05, 0) is 213 Å². The molecule has 8 nitrogen and oxygen atoms in total. The third kappa shape index (κ3) is 8.63. The molecule has 1 aliphatic carbocycles. The Morgan fingerprint density at radius 1 is 0.178 bits per heavy atom. The Bertz CT molecular complexity index is 5050. The fraction of sp³-hybridized carbons (Fsp3) is 0.0112. The van der Waals surface area contributed by atoms with Crippen molar-refractivity contribution in [1.29, 1.82) is 0 Å². The highest BCUT2D eigenvalue weighted by atomic mass is 32.1. The van der Waals surface area contributed by atoms with Gasteiger partial charge in [0.25, 0.3) is 0 Å². The molecule has 4 aliphatic heterocycles. The first kappa shape index (κ1) is 57.9. The molecule has 0 radical (unpaired) electrons. The first-order valence-electron chi connectivity index (χ1n) is 33.9. The van der Waals surface area contributed by atoms with E-state index < -0.39 is 5.41 Å². The highest BCUT2D eigenvalue weighted by Crippen LogP contribution is 2.65. The summed E-state index contributed by atoms with van der Waals surface area (Å²) in [6.45, 7) is 0. The second-order valence-corrected chi connectivity index (χ2v) is 29.0. The molecule has 0 saturated heterocycles. The zero-order valence-corrected chi connectivity index (χ0v) is 57.5. The quantitative estimate of drug-likeness (QED) is 0.134. The Morgan fingerprint density at radius 3 is 0.545 bits per heavy atom. The van der Waals surface area contributed by atoms with Crippen molar-refractivity contribution < 1.29 is 0 Å². The van der Waals surface area contributed by atoms with E-state index in [0.717, 1.165) is 148 Å². The number of thiophene rings is 4. The summed E-state index contributed by atoms with van der Waals surface area (Å²) in [6, 6.07) is 114. The lowest BCUT2D eigenvalue weighted by molar-refractivity contribution is 0.768. The summed E-state index contributed by atoms with van der Waals surface area (Å²) in [7, 11) is 0. The number of benzene rings is 12. The predicted molar refractivity (Wildman–Crippen MR) is 427 cm³/mol. The van der Waals surface area contributed by atoms with Crippen LogP contribution in [0.25, 0.3) is 11.1 Å². The van der Waals surface area contributed by atoms with Gasteiger partial charge in [-0.1, -0.05) is 146 Å². The van der Waals surface area contributed by atoms with Crippen LogP contribution >= 0.6 is 45.3 Å². The lowest BCUT2D eigenvalue weighted by Crippen LogP contribution is -2.31. The van der Waals surface area contributed by atoms with Crippen LogP contribution < -0.4 is 39.2 Å². The molecule has 101 heavy (non-hydrogen) atoms. The van der Waals surface area contributed by atoms with Crippen molar-refractivity contribution in [3.63, 3.8) is 0 Å². The fourth-order valence-electron chi connectivity index (χ4n) is 16.7. The van der Waals surface area contributed by atoms with Crippen molar-refractivity contribution in [3.05, 3.63) is 369 Å². The van der Waals surface area contributed by atoms with E-state index in [-0.39, 0.29) is 0 Å². The van der Waals surface area contributed by atoms with Crippen LogP contribution in [-0.4, -0.2) is 0 Å². The molecular formula is C89H58N8S4.